The fourth-order valence-corrected chi connectivity index (χ4v) is 2.54. The van der Waals surface area contributed by atoms with Gasteiger partial charge in [-0.2, -0.15) is 0 Å². The molecule has 19 heavy (non-hydrogen) atoms. The molecule has 0 heterocycles. The lowest BCUT2D eigenvalue weighted by atomic mass is 10.0. The van der Waals surface area contributed by atoms with E-state index in [0.717, 1.165) is 30.1 Å². The molecule has 0 saturated heterocycles. The molecule has 1 aromatic rings. The summed E-state index contributed by atoms with van der Waals surface area (Å²) in [7, 11) is 0. The summed E-state index contributed by atoms with van der Waals surface area (Å²) in [5, 5.41) is 3.51. The Labute approximate surface area is 116 Å². The van der Waals surface area contributed by atoms with Crippen molar-refractivity contribution >= 4 is 11.4 Å². The van der Waals surface area contributed by atoms with Gasteiger partial charge in [0.1, 0.15) is 5.75 Å². The normalized spacial score (nSPS) is 16.1. The van der Waals surface area contributed by atoms with Gasteiger partial charge in [-0.1, -0.05) is 26.3 Å². The molecule has 3 heteroatoms. The Morgan fingerprint density at radius 3 is 2.68 bits per heavy atom. The predicted octanol–water partition coefficient (Wildman–Crippen LogP) is 4.05. The Morgan fingerprint density at radius 2 is 2.05 bits per heavy atom. The Bertz CT molecular complexity index is 413. The summed E-state index contributed by atoms with van der Waals surface area (Å²) in [5.41, 5.74) is 8.44. The molecule has 0 unspecified atom stereocenters. The number of anilines is 2. The third kappa shape index (κ3) is 3.55. The number of benzene rings is 1. The predicted molar refractivity (Wildman–Crippen MR) is 81.7 cm³/mol. The van der Waals surface area contributed by atoms with Gasteiger partial charge >= 0.3 is 0 Å². The molecule has 106 valence electrons. The minimum atomic E-state index is 0.529. The Balaban J connectivity index is 1.96. The highest BCUT2D eigenvalue weighted by Crippen LogP contribution is 2.49. The second kappa shape index (κ2) is 6.18. The van der Waals surface area contributed by atoms with Crippen LogP contribution in [-0.4, -0.2) is 13.2 Å². The van der Waals surface area contributed by atoms with Crippen molar-refractivity contribution in [2.24, 2.45) is 5.41 Å². The average molecular weight is 262 g/mol. The fourth-order valence-electron chi connectivity index (χ4n) is 2.54. The molecule has 0 spiro atoms. The molecule has 1 fully saturated rings. The largest absolute Gasteiger partial charge is 0.491 e. The lowest BCUT2D eigenvalue weighted by Gasteiger charge is -2.18. The van der Waals surface area contributed by atoms with Crippen LogP contribution in [0.4, 0.5) is 11.4 Å². The highest BCUT2D eigenvalue weighted by molar-refractivity contribution is 5.73. The van der Waals surface area contributed by atoms with E-state index in [1.165, 1.54) is 25.7 Å². The van der Waals surface area contributed by atoms with Crippen molar-refractivity contribution in [2.45, 2.75) is 46.0 Å². The molecule has 0 amide bonds. The first-order valence-electron chi connectivity index (χ1n) is 7.46. The zero-order valence-electron chi connectivity index (χ0n) is 12.2. The molecule has 0 radical (unpaired) electrons. The number of ether oxygens (including phenoxy) is 1. The maximum atomic E-state index is 6.16. The maximum Gasteiger partial charge on any atom is 0.144 e. The molecule has 1 saturated carbocycles. The number of nitrogen functional groups attached to an aromatic ring is 1. The van der Waals surface area contributed by atoms with Gasteiger partial charge in [0, 0.05) is 6.54 Å². The van der Waals surface area contributed by atoms with Crippen LogP contribution in [0.2, 0.25) is 0 Å². The van der Waals surface area contributed by atoms with E-state index >= 15 is 0 Å². The van der Waals surface area contributed by atoms with Crippen molar-refractivity contribution in [2.75, 3.05) is 24.2 Å². The van der Waals surface area contributed by atoms with Crippen LogP contribution in [0.1, 0.15) is 46.0 Å². The van der Waals surface area contributed by atoms with E-state index in [9.17, 15) is 0 Å². The molecule has 1 aliphatic carbocycles. The Kier molecular flexibility index (Phi) is 4.56. The maximum absolute atomic E-state index is 6.16. The molecule has 1 aromatic carbocycles. The van der Waals surface area contributed by atoms with Crippen molar-refractivity contribution in [3.63, 3.8) is 0 Å². The van der Waals surface area contributed by atoms with Gasteiger partial charge in [0.05, 0.1) is 18.0 Å². The lowest BCUT2D eigenvalue weighted by Crippen LogP contribution is -2.16. The van der Waals surface area contributed by atoms with Gasteiger partial charge in [-0.15, -0.1) is 0 Å². The first kappa shape index (κ1) is 14.0. The summed E-state index contributed by atoms with van der Waals surface area (Å²) >= 11 is 0. The molecule has 0 aliphatic heterocycles. The summed E-state index contributed by atoms with van der Waals surface area (Å²) in [6.07, 6.45) is 6.26. The molecule has 3 N–H and O–H groups in total. The molecule has 3 nitrogen and oxygen atoms in total. The number of hydrogen-bond acceptors (Lipinski definition) is 3. The van der Waals surface area contributed by atoms with Crippen LogP contribution in [0.15, 0.2) is 18.2 Å². The molecular weight excluding hydrogens is 236 g/mol. The third-order valence-electron chi connectivity index (χ3n) is 3.92. The second-order valence-corrected chi connectivity index (χ2v) is 5.67. The number of nitrogens with one attached hydrogen (secondary N) is 1. The summed E-state index contributed by atoms with van der Waals surface area (Å²) < 4.78 is 5.66. The number of para-hydroxylation sites is 1. The van der Waals surface area contributed by atoms with E-state index in [0.29, 0.717) is 12.0 Å². The summed E-state index contributed by atoms with van der Waals surface area (Å²) in [6.45, 7) is 6.10. The van der Waals surface area contributed by atoms with Crippen LogP contribution in [-0.2, 0) is 0 Å². The summed E-state index contributed by atoms with van der Waals surface area (Å²) in [5.74, 6) is 0.798. The van der Waals surface area contributed by atoms with Gasteiger partial charge in [0.25, 0.3) is 0 Å². The minimum Gasteiger partial charge on any atom is -0.491 e. The van der Waals surface area contributed by atoms with Crippen LogP contribution in [0.25, 0.3) is 0 Å². The number of rotatable bonds is 8. The van der Waals surface area contributed by atoms with E-state index < -0.39 is 0 Å². The van der Waals surface area contributed by atoms with Crippen molar-refractivity contribution in [3.8, 4) is 5.75 Å². The first-order valence-corrected chi connectivity index (χ1v) is 7.46. The number of hydrogen-bond donors (Lipinski definition) is 2. The van der Waals surface area contributed by atoms with Crippen LogP contribution in [0.5, 0.6) is 5.75 Å². The fraction of sp³-hybridized carbons (Fsp3) is 0.625. The third-order valence-corrected chi connectivity index (χ3v) is 3.92. The van der Waals surface area contributed by atoms with E-state index in [-0.39, 0.29) is 0 Å². The van der Waals surface area contributed by atoms with Crippen LogP contribution in [0.3, 0.4) is 0 Å². The van der Waals surface area contributed by atoms with Crippen molar-refractivity contribution < 1.29 is 4.74 Å². The van der Waals surface area contributed by atoms with Crippen LogP contribution in [0, 0.1) is 5.41 Å². The quantitative estimate of drug-likeness (QED) is 0.695. The topological polar surface area (TPSA) is 47.3 Å². The molecule has 0 aromatic heterocycles. The van der Waals surface area contributed by atoms with E-state index in [2.05, 4.69) is 19.2 Å². The van der Waals surface area contributed by atoms with Gasteiger partial charge < -0.3 is 15.8 Å². The van der Waals surface area contributed by atoms with Crippen molar-refractivity contribution in [1.29, 1.82) is 0 Å². The number of nitrogens with two attached hydrogens (primary N) is 1. The zero-order valence-corrected chi connectivity index (χ0v) is 12.2. The van der Waals surface area contributed by atoms with E-state index in [1.807, 2.05) is 18.2 Å². The summed E-state index contributed by atoms with van der Waals surface area (Å²) in [4.78, 5) is 0. The second-order valence-electron chi connectivity index (χ2n) is 5.67. The van der Waals surface area contributed by atoms with Crippen molar-refractivity contribution in [1.82, 2.24) is 0 Å². The monoisotopic (exact) mass is 262 g/mol. The van der Waals surface area contributed by atoms with Gasteiger partial charge in [0.2, 0.25) is 0 Å². The Hall–Kier alpha value is -1.38. The molecule has 0 atom stereocenters. The van der Waals surface area contributed by atoms with Gasteiger partial charge in [-0.3, -0.25) is 0 Å². The highest BCUT2D eigenvalue weighted by atomic mass is 16.5. The van der Waals surface area contributed by atoms with Crippen molar-refractivity contribution in [3.05, 3.63) is 18.2 Å². The lowest BCUT2D eigenvalue weighted by molar-refractivity contribution is 0.319. The SMILES string of the molecule is CCCOc1cccc(NCC2(CCC)CC2)c1N. The van der Waals surface area contributed by atoms with Crippen LogP contribution >= 0.6 is 0 Å². The van der Waals surface area contributed by atoms with Gasteiger partial charge in [0.15, 0.2) is 0 Å². The molecule has 2 rings (SSSR count). The smallest absolute Gasteiger partial charge is 0.144 e. The van der Waals surface area contributed by atoms with E-state index in [4.69, 9.17) is 10.5 Å². The molecular formula is C16H26N2O. The first-order chi connectivity index (χ1) is 9.21. The standard InChI is InChI=1S/C16H26N2O/c1-3-8-16(9-10-16)12-18-13-6-5-7-14(15(13)17)19-11-4-2/h5-7,18H,3-4,8-12,17H2,1-2H3. The molecule has 1 aliphatic rings. The highest BCUT2D eigenvalue weighted by Gasteiger charge is 2.41. The minimum absolute atomic E-state index is 0.529. The van der Waals surface area contributed by atoms with E-state index in [1.54, 1.807) is 0 Å². The van der Waals surface area contributed by atoms with Gasteiger partial charge in [-0.25, -0.2) is 0 Å². The summed E-state index contributed by atoms with van der Waals surface area (Å²) in [6, 6.07) is 5.98. The average Bonchev–Trinajstić information content (AvgIpc) is 3.17. The van der Waals surface area contributed by atoms with Crippen LogP contribution < -0.4 is 15.8 Å². The molecule has 0 bridgehead atoms. The zero-order chi connectivity index (χ0) is 13.7. The Morgan fingerprint density at radius 1 is 1.26 bits per heavy atom. The van der Waals surface area contributed by atoms with Gasteiger partial charge in [-0.05, 0) is 43.2 Å².